The maximum absolute atomic E-state index is 13.6. The quantitative estimate of drug-likeness (QED) is 0.0477. The van der Waals surface area contributed by atoms with Crippen LogP contribution in [0.2, 0.25) is 0 Å². The first-order valence-corrected chi connectivity index (χ1v) is 16.0. The number of aromatic nitrogens is 2. The number of fused-ring (bicyclic) bond motifs is 2. The fourth-order valence-corrected chi connectivity index (χ4v) is 5.33. The standard InChI is InChI=1S/C34H38N10O7/c35-23-16-39-29(46)22-15-20(40-28(45)19-8-10-24-25(14-19)43-33(50)32(49)42-24)9-11-27(22)51-17-21(7-4-12-38-34(36)37)41-31(48)26(44-30(23)47)13-18-5-2-1-3-6-18/h1-3,5-6,8-11,14-15,21,23,26H,4,7,12-13,16-17,35H2,(H,39,46)(H,40,45)(H,41,48)(H,42,49)(H,43,50)(H,44,47)(H4,36,37,38)/t21-,23+,26-/m0/s1. The van der Waals surface area contributed by atoms with Gasteiger partial charge in [0.1, 0.15) is 24.4 Å². The van der Waals surface area contributed by atoms with Gasteiger partial charge >= 0.3 is 11.1 Å². The van der Waals surface area contributed by atoms with Crippen molar-refractivity contribution in [2.45, 2.75) is 37.4 Å². The molecule has 3 atom stereocenters. The summed E-state index contributed by atoms with van der Waals surface area (Å²) in [5.41, 5.74) is 17.2. The number of anilines is 1. The summed E-state index contributed by atoms with van der Waals surface area (Å²) in [7, 11) is 0. The number of H-pyrrole nitrogens is 2. The van der Waals surface area contributed by atoms with Crippen LogP contribution < -0.4 is 54.3 Å². The Morgan fingerprint density at radius 2 is 1.63 bits per heavy atom. The molecule has 0 aliphatic carbocycles. The second-order valence-corrected chi connectivity index (χ2v) is 11.9. The minimum atomic E-state index is -1.21. The van der Waals surface area contributed by atoms with Crippen LogP contribution >= 0.6 is 0 Å². The fourth-order valence-electron chi connectivity index (χ4n) is 5.33. The predicted molar refractivity (Wildman–Crippen MR) is 189 cm³/mol. The summed E-state index contributed by atoms with van der Waals surface area (Å²) in [5, 5.41) is 11.0. The zero-order valence-corrected chi connectivity index (χ0v) is 27.4. The van der Waals surface area contributed by atoms with E-state index in [1.54, 1.807) is 0 Å². The lowest BCUT2D eigenvalue weighted by molar-refractivity contribution is -0.130. The molecular formula is C34H38N10O7. The van der Waals surface area contributed by atoms with Gasteiger partial charge in [0.2, 0.25) is 11.8 Å². The highest BCUT2D eigenvalue weighted by molar-refractivity contribution is 6.07. The van der Waals surface area contributed by atoms with Crippen LogP contribution in [0.5, 0.6) is 5.75 Å². The number of aromatic amines is 2. The number of amides is 4. The maximum atomic E-state index is 13.6. The number of benzene rings is 3. The average Bonchev–Trinajstić information content (AvgIpc) is 3.11. The topological polar surface area (TPSA) is 282 Å². The van der Waals surface area contributed by atoms with E-state index in [1.807, 2.05) is 30.3 Å². The van der Waals surface area contributed by atoms with Crippen LogP contribution in [0.1, 0.15) is 39.1 Å². The molecule has 12 N–H and O–H groups in total. The van der Waals surface area contributed by atoms with Crippen LogP contribution in [0.15, 0.2) is 81.3 Å². The summed E-state index contributed by atoms with van der Waals surface area (Å²) in [6.07, 6.45) is 1.05. The first kappa shape index (κ1) is 35.8. The number of guanidine groups is 1. The van der Waals surface area contributed by atoms with E-state index in [2.05, 4.69) is 36.2 Å². The number of aliphatic imine (C=N–C) groups is 1. The summed E-state index contributed by atoms with van der Waals surface area (Å²) in [6.45, 7) is -0.0470. The molecule has 3 aromatic carbocycles. The molecule has 2 heterocycles. The Hall–Kier alpha value is -6.49. The molecule has 0 radical (unpaired) electrons. The summed E-state index contributed by atoms with van der Waals surface area (Å²) < 4.78 is 6.10. The van der Waals surface area contributed by atoms with Crippen molar-refractivity contribution in [1.82, 2.24) is 25.9 Å². The van der Waals surface area contributed by atoms with Gasteiger partial charge in [0.25, 0.3) is 11.8 Å². The average molecular weight is 699 g/mol. The van der Waals surface area contributed by atoms with Crippen molar-refractivity contribution in [2.75, 3.05) is 25.0 Å². The SMILES string of the molecule is NC(N)=NCCC[C@H]1COc2ccc(NC(=O)c3ccc4[nH]c(=O)c(=O)[nH]c4c3)cc2C(=O)NC[C@@H](N)C(=O)N[C@@H](Cc2ccccc2)C(=O)N1. The number of hydrogen-bond acceptors (Lipinski definition) is 9. The molecule has 0 fully saturated rings. The van der Waals surface area contributed by atoms with Crippen LogP contribution in [-0.4, -0.2) is 77.4 Å². The first-order chi connectivity index (χ1) is 24.5. The molecule has 1 aromatic heterocycles. The van der Waals surface area contributed by atoms with Gasteiger partial charge < -0.3 is 53.2 Å². The van der Waals surface area contributed by atoms with Crippen LogP contribution in [0, 0.1) is 0 Å². The first-order valence-electron chi connectivity index (χ1n) is 16.0. The van der Waals surface area contributed by atoms with Gasteiger partial charge in [-0.05, 0) is 54.8 Å². The number of carbonyl (C=O) groups is 4. The Labute approximate surface area is 290 Å². The largest absolute Gasteiger partial charge is 0.491 e. The monoisotopic (exact) mass is 698 g/mol. The molecule has 0 saturated carbocycles. The van der Waals surface area contributed by atoms with Gasteiger partial charge in [-0.15, -0.1) is 0 Å². The molecule has 0 bridgehead atoms. The Morgan fingerprint density at radius 3 is 2.37 bits per heavy atom. The molecule has 0 spiro atoms. The molecule has 17 nitrogen and oxygen atoms in total. The molecule has 0 saturated heterocycles. The number of nitrogens with one attached hydrogen (secondary N) is 6. The van der Waals surface area contributed by atoms with E-state index in [0.29, 0.717) is 24.9 Å². The lowest BCUT2D eigenvalue weighted by atomic mass is 10.0. The van der Waals surface area contributed by atoms with E-state index < -0.39 is 52.9 Å². The van der Waals surface area contributed by atoms with Crippen LogP contribution in [0.3, 0.4) is 0 Å². The van der Waals surface area contributed by atoms with Crippen LogP contribution in [-0.2, 0) is 16.0 Å². The minimum Gasteiger partial charge on any atom is -0.491 e. The normalized spacial score (nSPS) is 18.2. The van der Waals surface area contributed by atoms with Crippen molar-refractivity contribution in [3.05, 3.63) is 104 Å². The lowest BCUT2D eigenvalue weighted by Gasteiger charge is -2.26. The zero-order chi connectivity index (χ0) is 36.5. The molecule has 4 amide bonds. The molecule has 4 aromatic rings. The van der Waals surface area contributed by atoms with E-state index in [0.717, 1.165) is 5.56 Å². The smallest absolute Gasteiger partial charge is 0.314 e. The Morgan fingerprint density at radius 1 is 0.882 bits per heavy atom. The third kappa shape index (κ3) is 9.57. The molecule has 5 rings (SSSR count). The van der Waals surface area contributed by atoms with Gasteiger partial charge in [0.05, 0.1) is 22.6 Å². The molecule has 266 valence electrons. The van der Waals surface area contributed by atoms with Gasteiger partial charge in [-0.25, -0.2) is 0 Å². The molecule has 0 unspecified atom stereocenters. The van der Waals surface area contributed by atoms with E-state index >= 15 is 0 Å². The lowest BCUT2D eigenvalue weighted by Crippen LogP contribution is -2.56. The van der Waals surface area contributed by atoms with E-state index in [1.165, 1.54) is 36.4 Å². The van der Waals surface area contributed by atoms with Gasteiger partial charge in [-0.1, -0.05) is 30.3 Å². The van der Waals surface area contributed by atoms with Gasteiger partial charge in [-0.3, -0.25) is 33.8 Å². The summed E-state index contributed by atoms with van der Waals surface area (Å²) in [5.74, 6) is -2.25. The number of carbonyl (C=O) groups excluding carboxylic acids is 4. The van der Waals surface area contributed by atoms with Crippen LogP contribution in [0.4, 0.5) is 5.69 Å². The maximum Gasteiger partial charge on any atom is 0.314 e. The highest BCUT2D eigenvalue weighted by atomic mass is 16.5. The van der Waals surface area contributed by atoms with E-state index in [9.17, 15) is 28.8 Å². The van der Waals surface area contributed by atoms with Crippen molar-refractivity contribution >= 4 is 46.3 Å². The number of hydrogen-bond donors (Lipinski definition) is 9. The number of rotatable bonds is 8. The third-order valence-corrected chi connectivity index (χ3v) is 7.99. The predicted octanol–water partition coefficient (Wildman–Crippen LogP) is -0.816. The molecular weight excluding hydrogens is 660 g/mol. The van der Waals surface area contributed by atoms with Gasteiger partial charge in [-0.2, -0.15) is 0 Å². The number of nitrogens with two attached hydrogens (primary N) is 3. The minimum absolute atomic E-state index is 0.0189. The Kier molecular flexibility index (Phi) is 11.4. The number of nitrogens with zero attached hydrogens (tertiary/aromatic N) is 1. The Balaban J connectivity index is 1.40. The highest BCUT2D eigenvalue weighted by Gasteiger charge is 2.28. The van der Waals surface area contributed by atoms with Crippen molar-refractivity contribution in [2.24, 2.45) is 22.2 Å². The summed E-state index contributed by atoms with van der Waals surface area (Å²) in [6, 6.07) is 15.1. The second kappa shape index (κ2) is 16.3. The van der Waals surface area contributed by atoms with Gasteiger partial charge in [0, 0.05) is 30.8 Å². The van der Waals surface area contributed by atoms with Gasteiger partial charge in [0.15, 0.2) is 5.96 Å². The van der Waals surface area contributed by atoms with Crippen LogP contribution in [0.25, 0.3) is 11.0 Å². The van der Waals surface area contributed by atoms with E-state index in [4.69, 9.17) is 21.9 Å². The van der Waals surface area contributed by atoms with Crippen molar-refractivity contribution in [3.8, 4) is 5.75 Å². The van der Waals surface area contributed by atoms with Crippen molar-refractivity contribution in [3.63, 3.8) is 0 Å². The van der Waals surface area contributed by atoms with Crippen molar-refractivity contribution < 1.29 is 23.9 Å². The fraction of sp³-hybridized carbons (Fsp3) is 0.265. The molecule has 17 heteroatoms. The Bertz CT molecular complexity index is 2080. The zero-order valence-electron chi connectivity index (χ0n) is 27.4. The summed E-state index contributed by atoms with van der Waals surface area (Å²) >= 11 is 0. The number of ether oxygens (including phenoxy) is 1. The highest BCUT2D eigenvalue weighted by Crippen LogP contribution is 2.25. The molecule has 51 heavy (non-hydrogen) atoms. The molecule has 1 aliphatic heterocycles. The second-order valence-electron chi connectivity index (χ2n) is 11.9. The van der Waals surface area contributed by atoms with E-state index in [-0.39, 0.29) is 53.6 Å². The third-order valence-electron chi connectivity index (χ3n) is 7.99. The molecule has 1 aliphatic rings. The summed E-state index contributed by atoms with van der Waals surface area (Å²) in [4.78, 5) is 85.7. The van der Waals surface area contributed by atoms with Crippen molar-refractivity contribution in [1.29, 1.82) is 0 Å².